The van der Waals surface area contributed by atoms with Gasteiger partial charge in [0.05, 0.1) is 11.0 Å². The fourth-order valence-electron chi connectivity index (χ4n) is 2.82. The van der Waals surface area contributed by atoms with Crippen LogP contribution in [0.2, 0.25) is 0 Å². The van der Waals surface area contributed by atoms with Crippen LogP contribution < -0.4 is 0 Å². The second-order valence-electron chi connectivity index (χ2n) is 5.11. The molecule has 98 valence electrons. The number of hydrogen-bond donors (Lipinski definition) is 2. The molecule has 1 aliphatic carbocycles. The highest BCUT2D eigenvalue weighted by molar-refractivity contribution is 5.98. The Labute approximate surface area is 115 Å². The third-order valence-corrected chi connectivity index (χ3v) is 3.88. The van der Waals surface area contributed by atoms with E-state index in [1.165, 1.54) is 0 Å². The highest BCUT2D eigenvalue weighted by Crippen LogP contribution is 2.34. The summed E-state index contributed by atoms with van der Waals surface area (Å²) in [6, 6.07) is 13.8. The smallest absolute Gasteiger partial charge is 0.109 e. The third kappa shape index (κ3) is 1.57. The zero-order valence-electron chi connectivity index (χ0n) is 10.7. The number of pyridine rings is 1. The predicted octanol–water partition coefficient (Wildman–Crippen LogP) is 2.81. The van der Waals surface area contributed by atoms with Gasteiger partial charge in [0.15, 0.2) is 0 Å². The fraction of sp³-hybridized carbons (Fsp3) is 0.118. The van der Waals surface area contributed by atoms with Gasteiger partial charge in [-0.1, -0.05) is 36.4 Å². The molecule has 0 saturated carbocycles. The van der Waals surface area contributed by atoms with Gasteiger partial charge in [0.25, 0.3) is 0 Å². The summed E-state index contributed by atoms with van der Waals surface area (Å²) in [4.78, 5) is 4.65. The molecule has 0 unspecified atom stereocenters. The molecule has 0 amide bonds. The average molecular weight is 263 g/mol. The lowest BCUT2D eigenvalue weighted by Crippen LogP contribution is -2.19. The molecule has 0 saturated heterocycles. The van der Waals surface area contributed by atoms with Crippen molar-refractivity contribution < 1.29 is 10.2 Å². The van der Waals surface area contributed by atoms with Crippen molar-refractivity contribution in [2.24, 2.45) is 0 Å². The van der Waals surface area contributed by atoms with Crippen molar-refractivity contribution in [3.05, 3.63) is 59.7 Å². The molecule has 0 radical (unpaired) electrons. The number of aliphatic hydroxyl groups is 2. The summed E-state index contributed by atoms with van der Waals surface area (Å²) in [6.07, 6.45) is 1.78. The van der Waals surface area contributed by atoms with E-state index >= 15 is 0 Å². The molecule has 1 aliphatic rings. The lowest BCUT2D eigenvalue weighted by atomic mass is 9.90. The van der Waals surface area contributed by atoms with Gasteiger partial charge in [-0.2, -0.15) is 0 Å². The van der Waals surface area contributed by atoms with Crippen molar-refractivity contribution >= 4 is 27.9 Å². The Morgan fingerprint density at radius 2 is 1.80 bits per heavy atom. The summed E-state index contributed by atoms with van der Waals surface area (Å²) in [7, 11) is 0. The van der Waals surface area contributed by atoms with Gasteiger partial charge in [0.2, 0.25) is 0 Å². The summed E-state index contributed by atoms with van der Waals surface area (Å²) >= 11 is 0. The number of aliphatic hydroxyl groups excluding tert-OH is 2. The van der Waals surface area contributed by atoms with E-state index in [0.717, 1.165) is 32.9 Å². The van der Waals surface area contributed by atoms with Crippen molar-refractivity contribution in [1.29, 1.82) is 0 Å². The van der Waals surface area contributed by atoms with Crippen LogP contribution in [0.4, 0.5) is 0 Å². The first-order valence-corrected chi connectivity index (χ1v) is 6.61. The first kappa shape index (κ1) is 11.6. The molecule has 4 rings (SSSR count). The Morgan fingerprint density at radius 1 is 0.950 bits per heavy atom. The number of nitrogens with zero attached hydrogens (tertiary/aromatic N) is 1. The Kier molecular flexibility index (Phi) is 2.39. The molecule has 2 aromatic carbocycles. The summed E-state index contributed by atoms with van der Waals surface area (Å²) < 4.78 is 0. The van der Waals surface area contributed by atoms with Gasteiger partial charge < -0.3 is 10.2 Å². The normalized spacial score (nSPS) is 21.3. The molecule has 0 aliphatic heterocycles. The molecule has 0 fully saturated rings. The molecular formula is C17H13NO2. The molecule has 1 aromatic heterocycles. The maximum absolute atomic E-state index is 10.1. The summed E-state index contributed by atoms with van der Waals surface area (Å²) in [5.74, 6) is 0. The number of fused-ring (bicyclic) bond motifs is 4. The lowest BCUT2D eigenvalue weighted by Gasteiger charge is -2.22. The molecular weight excluding hydrogens is 250 g/mol. The molecule has 3 aromatic rings. The fourth-order valence-corrected chi connectivity index (χ4v) is 2.82. The van der Waals surface area contributed by atoms with Crippen LogP contribution in [0.15, 0.2) is 48.5 Å². The maximum Gasteiger partial charge on any atom is 0.109 e. The van der Waals surface area contributed by atoms with Crippen LogP contribution >= 0.6 is 0 Å². The minimum Gasteiger partial charge on any atom is -0.386 e. The molecule has 0 bridgehead atoms. The molecule has 0 spiro atoms. The minimum atomic E-state index is -0.870. The number of hydrogen-bond acceptors (Lipinski definition) is 3. The van der Waals surface area contributed by atoms with Gasteiger partial charge in [0, 0.05) is 10.8 Å². The molecule has 3 heteroatoms. The van der Waals surface area contributed by atoms with Crippen LogP contribution in [0.3, 0.4) is 0 Å². The van der Waals surface area contributed by atoms with Crippen molar-refractivity contribution in [3.63, 3.8) is 0 Å². The van der Waals surface area contributed by atoms with Crippen LogP contribution in [0, 0.1) is 0 Å². The summed E-state index contributed by atoms with van der Waals surface area (Å²) in [5, 5.41) is 21.9. The summed E-state index contributed by atoms with van der Waals surface area (Å²) in [5.41, 5.74) is 3.55. The van der Waals surface area contributed by atoms with E-state index in [4.69, 9.17) is 0 Å². The Balaban J connectivity index is 2.10. The van der Waals surface area contributed by atoms with Crippen LogP contribution in [-0.2, 0) is 0 Å². The van der Waals surface area contributed by atoms with E-state index in [-0.39, 0.29) is 0 Å². The van der Waals surface area contributed by atoms with E-state index in [0.29, 0.717) is 0 Å². The Morgan fingerprint density at radius 3 is 2.70 bits per heavy atom. The van der Waals surface area contributed by atoms with E-state index in [1.807, 2.05) is 42.5 Å². The highest BCUT2D eigenvalue weighted by atomic mass is 16.3. The van der Waals surface area contributed by atoms with Gasteiger partial charge in [-0.15, -0.1) is 0 Å². The average Bonchev–Trinajstić information content (AvgIpc) is 2.48. The van der Waals surface area contributed by atoms with Crippen molar-refractivity contribution in [3.8, 4) is 0 Å². The zero-order valence-corrected chi connectivity index (χ0v) is 10.7. The first-order chi connectivity index (χ1) is 9.74. The van der Waals surface area contributed by atoms with E-state index in [9.17, 15) is 10.2 Å². The number of benzene rings is 2. The van der Waals surface area contributed by atoms with Crippen molar-refractivity contribution in [2.45, 2.75) is 12.2 Å². The van der Waals surface area contributed by atoms with E-state index < -0.39 is 12.2 Å². The van der Waals surface area contributed by atoms with Crippen LogP contribution in [0.5, 0.6) is 0 Å². The number of rotatable bonds is 0. The molecule has 1 heterocycles. The number of aromatic nitrogens is 1. The second-order valence-corrected chi connectivity index (χ2v) is 5.11. The zero-order chi connectivity index (χ0) is 13.7. The van der Waals surface area contributed by atoms with Gasteiger partial charge in [0.1, 0.15) is 12.2 Å². The predicted molar refractivity (Wildman–Crippen MR) is 79.2 cm³/mol. The number of para-hydroxylation sites is 1. The molecule has 20 heavy (non-hydrogen) atoms. The van der Waals surface area contributed by atoms with Crippen molar-refractivity contribution in [1.82, 2.24) is 4.98 Å². The van der Waals surface area contributed by atoms with Gasteiger partial charge in [-0.3, -0.25) is 0 Å². The van der Waals surface area contributed by atoms with E-state index in [2.05, 4.69) is 11.1 Å². The second kappa shape index (κ2) is 4.13. The van der Waals surface area contributed by atoms with Crippen LogP contribution in [0.1, 0.15) is 17.2 Å². The first-order valence-electron chi connectivity index (χ1n) is 6.61. The highest BCUT2D eigenvalue weighted by Gasteiger charge is 2.23. The topological polar surface area (TPSA) is 53.4 Å². The monoisotopic (exact) mass is 263 g/mol. The van der Waals surface area contributed by atoms with E-state index in [1.54, 1.807) is 6.08 Å². The quantitative estimate of drug-likeness (QED) is 0.613. The Hall–Kier alpha value is -2.23. The van der Waals surface area contributed by atoms with Crippen molar-refractivity contribution in [2.75, 3.05) is 0 Å². The SMILES string of the molecule is O[C@H]1C=Cc2c(ccc3nc4ccccc4cc23)[C@@H]1O. The lowest BCUT2D eigenvalue weighted by molar-refractivity contribution is 0.0471. The van der Waals surface area contributed by atoms with Gasteiger partial charge >= 0.3 is 0 Å². The largest absolute Gasteiger partial charge is 0.386 e. The van der Waals surface area contributed by atoms with Crippen LogP contribution in [0.25, 0.3) is 27.9 Å². The standard InChI is InChI=1S/C17H13NO2/c19-16-8-6-11-12(17(16)20)5-7-15-13(11)9-10-3-1-2-4-14(10)18-15/h1-9,16-17,19-20H/t16-,17-/m0/s1. The van der Waals surface area contributed by atoms with Gasteiger partial charge in [-0.05, 0) is 29.3 Å². The van der Waals surface area contributed by atoms with Gasteiger partial charge in [-0.25, -0.2) is 4.98 Å². The molecule has 3 nitrogen and oxygen atoms in total. The minimum absolute atomic E-state index is 0.754. The summed E-state index contributed by atoms with van der Waals surface area (Å²) in [6.45, 7) is 0. The molecule has 2 N–H and O–H groups in total. The Bertz CT molecular complexity index is 854. The van der Waals surface area contributed by atoms with Crippen LogP contribution in [-0.4, -0.2) is 21.3 Å². The molecule has 2 atom stereocenters. The maximum atomic E-state index is 10.1. The third-order valence-electron chi connectivity index (χ3n) is 3.88.